The van der Waals surface area contributed by atoms with Crippen LogP contribution in [-0.4, -0.2) is 15.9 Å². The van der Waals surface area contributed by atoms with Crippen LogP contribution in [0.15, 0.2) is 73.3 Å². The van der Waals surface area contributed by atoms with Gasteiger partial charge < -0.3 is 5.32 Å². The maximum absolute atomic E-state index is 12.0. The van der Waals surface area contributed by atoms with Gasteiger partial charge in [0.25, 0.3) is 5.91 Å². The number of nitrogens with one attached hydrogen (secondary N) is 1. The number of nitrogens with zero attached hydrogens (tertiary/aromatic N) is 2. The van der Waals surface area contributed by atoms with E-state index in [-0.39, 0.29) is 5.91 Å². The van der Waals surface area contributed by atoms with Crippen LogP contribution in [0.3, 0.4) is 0 Å². The average molecular weight is 275 g/mol. The zero-order chi connectivity index (χ0) is 14.5. The van der Waals surface area contributed by atoms with Gasteiger partial charge in [0.05, 0.1) is 0 Å². The highest BCUT2D eigenvalue weighted by Crippen LogP contribution is 2.20. The zero-order valence-electron chi connectivity index (χ0n) is 11.2. The molecule has 0 fully saturated rings. The molecule has 0 spiro atoms. The normalized spacial score (nSPS) is 10.1. The third kappa shape index (κ3) is 3.12. The fourth-order valence-corrected chi connectivity index (χ4v) is 1.99. The van der Waals surface area contributed by atoms with Crippen molar-refractivity contribution in [3.8, 4) is 11.1 Å². The van der Waals surface area contributed by atoms with Crippen molar-refractivity contribution in [1.82, 2.24) is 9.97 Å². The summed E-state index contributed by atoms with van der Waals surface area (Å²) in [6.07, 6.45) is 5.01. The number of carbonyl (C=O) groups is 1. The molecule has 0 bridgehead atoms. The lowest BCUT2D eigenvalue weighted by Crippen LogP contribution is -2.11. The van der Waals surface area contributed by atoms with Crippen LogP contribution in [0.25, 0.3) is 11.1 Å². The summed E-state index contributed by atoms with van der Waals surface area (Å²) in [4.78, 5) is 20.0. The van der Waals surface area contributed by atoms with Gasteiger partial charge in [-0.2, -0.15) is 0 Å². The molecule has 1 aromatic heterocycles. The summed E-state index contributed by atoms with van der Waals surface area (Å²) in [7, 11) is 0. The molecule has 4 heteroatoms. The minimum atomic E-state index is -0.119. The van der Waals surface area contributed by atoms with Crippen LogP contribution in [0.2, 0.25) is 0 Å². The Kier molecular flexibility index (Phi) is 3.69. The van der Waals surface area contributed by atoms with Crippen molar-refractivity contribution in [1.29, 1.82) is 0 Å². The van der Waals surface area contributed by atoms with Gasteiger partial charge in [0.2, 0.25) is 0 Å². The van der Waals surface area contributed by atoms with Gasteiger partial charge in [-0.05, 0) is 29.8 Å². The predicted molar refractivity (Wildman–Crippen MR) is 81.9 cm³/mol. The van der Waals surface area contributed by atoms with Crippen LogP contribution < -0.4 is 5.32 Å². The van der Waals surface area contributed by atoms with E-state index in [0.29, 0.717) is 5.56 Å². The second kappa shape index (κ2) is 5.96. The van der Waals surface area contributed by atoms with E-state index in [4.69, 9.17) is 0 Å². The van der Waals surface area contributed by atoms with E-state index in [1.54, 1.807) is 24.5 Å². The number of carbonyl (C=O) groups excluding carboxylic acids is 1. The number of hydrogen-bond donors (Lipinski definition) is 1. The molecule has 102 valence electrons. The molecule has 1 amide bonds. The minimum absolute atomic E-state index is 0.119. The van der Waals surface area contributed by atoms with Crippen molar-refractivity contribution < 1.29 is 4.79 Å². The molecule has 0 radical (unpaired) electrons. The van der Waals surface area contributed by atoms with E-state index in [9.17, 15) is 4.79 Å². The second-order valence-electron chi connectivity index (χ2n) is 4.52. The number of benzene rings is 2. The molecular weight excluding hydrogens is 262 g/mol. The SMILES string of the molecule is O=C(Nc1ccc(-c2cncnc2)cc1)c1ccccc1. The Morgan fingerprint density at radius 1 is 0.810 bits per heavy atom. The lowest BCUT2D eigenvalue weighted by atomic mass is 10.1. The lowest BCUT2D eigenvalue weighted by Gasteiger charge is -2.06. The number of hydrogen-bond acceptors (Lipinski definition) is 3. The molecule has 0 saturated carbocycles. The smallest absolute Gasteiger partial charge is 0.255 e. The predicted octanol–water partition coefficient (Wildman–Crippen LogP) is 3.40. The number of amides is 1. The molecule has 4 nitrogen and oxygen atoms in total. The molecule has 3 rings (SSSR count). The standard InChI is InChI=1S/C17H13N3O/c21-17(14-4-2-1-3-5-14)20-16-8-6-13(7-9-16)15-10-18-12-19-11-15/h1-12H,(H,20,21). The molecule has 1 heterocycles. The Morgan fingerprint density at radius 2 is 1.48 bits per heavy atom. The van der Waals surface area contributed by atoms with E-state index in [1.807, 2.05) is 42.5 Å². The van der Waals surface area contributed by atoms with Crippen LogP contribution in [0.5, 0.6) is 0 Å². The Bertz CT molecular complexity index is 725. The van der Waals surface area contributed by atoms with Crippen molar-refractivity contribution in [2.24, 2.45) is 0 Å². The Morgan fingerprint density at radius 3 is 2.14 bits per heavy atom. The van der Waals surface area contributed by atoms with Crippen molar-refractivity contribution in [2.75, 3.05) is 5.32 Å². The molecule has 0 aliphatic heterocycles. The molecular formula is C17H13N3O. The third-order valence-corrected chi connectivity index (χ3v) is 3.07. The number of anilines is 1. The molecule has 0 atom stereocenters. The van der Waals surface area contributed by atoms with Gasteiger partial charge in [0.1, 0.15) is 6.33 Å². The highest BCUT2D eigenvalue weighted by atomic mass is 16.1. The number of aromatic nitrogens is 2. The van der Waals surface area contributed by atoms with Crippen LogP contribution in [0, 0.1) is 0 Å². The van der Waals surface area contributed by atoms with Gasteiger partial charge >= 0.3 is 0 Å². The van der Waals surface area contributed by atoms with Crippen LogP contribution in [0.4, 0.5) is 5.69 Å². The quantitative estimate of drug-likeness (QED) is 0.797. The summed E-state index contributed by atoms with van der Waals surface area (Å²) in [6.45, 7) is 0. The summed E-state index contributed by atoms with van der Waals surface area (Å²) >= 11 is 0. The summed E-state index contributed by atoms with van der Waals surface area (Å²) in [5.41, 5.74) is 3.34. The van der Waals surface area contributed by atoms with Gasteiger partial charge in [0.15, 0.2) is 0 Å². The molecule has 0 saturated heterocycles. The zero-order valence-corrected chi connectivity index (χ0v) is 11.2. The van der Waals surface area contributed by atoms with Gasteiger partial charge in [-0.3, -0.25) is 4.79 Å². The van der Waals surface area contributed by atoms with E-state index < -0.39 is 0 Å². The molecule has 0 aliphatic carbocycles. The first-order valence-corrected chi connectivity index (χ1v) is 6.55. The molecule has 0 aliphatic rings. The molecule has 0 unspecified atom stereocenters. The van der Waals surface area contributed by atoms with E-state index >= 15 is 0 Å². The monoisotopic (exact) mass is 275 g/mol. The second-order valence-corrected chi connectivity index (χ2v) is 4.52. The van der Waals surface area contributed by atoms with Gasteiger partial charge in [0, 0.05) is 29.2 Å². The first-order chi connectivity index (χ1) is 10.3. The van der Waals surface area contributed by atoms with Crippen LogP contribution in [0.1, 0.15) is 10.4 Å². The third-order valence-electron chi connectivity index (χ3n) is 3.07. The minimum Gasteiger partial charge on any atom is -0.322 e. The van der Waals surface area contributed by atoms with Gasteiger partial charge in [-0.15, -0.1) is 0 Å². The van der Waals surface area contributed by atoms with Crippen molar-refractivity contribution in [2.45, 2.75) is 0 Å². The summed E-state index contributed by atoms with van der Waals surface area (Å²) in [5, 5.41) is 2.87. The highest BCUT2D eigenvalue weighted by Gasteiger charge is 2.05. The number of rotatable bonds is 3. The van der Waals surface area contributed by atoms with Gasteiger partial charge in [-0.25, -0.2) is 9.97 Å². The molecule has 1 N–H and O–H groups in total. The lowest BCUT2D eigenvalue weighted by molar-refractivity contribution is 0.102. The Balaban J connectivity index is 1.75. The van der Waals surface area contributed by atoms with Crippen molar-refractivity contribution in [3.63, 3.8) is 0 Å². The van der Waals surface area contributed by atoms with Crippen molar-refractivity contribution >= 4 is 11.6 Å². The average Bonchev–Trinajstić information content (AvgIpc) is 2.57. The highest BCUT2D eigenvalue weighted by molar-refractivity contribution is 6.04. The van der Waals surface area contributed by atoms with Crippen molar-refractivity contribution in [3.05, 3.63) is 78.9 Å². The first-order valence-electron chi connectivity index (χ1n) is 6.55. The summed E-state index contributed by atoms with van der Waals surface area (Å²) in [6, 6.07) is 16.7. The fraction of sp³-hybridized carbons (Fsp3) is 0. The molecule has 2 aromatic carbocycles. The largest absolute Gasteiger partial charge is 0.322 e. The summed E-state index contributed by atoms with van der Waals surface area (Å²) in [5.74, 6) is -0.119. The summed E-state index contributed by atoms with van der Waals surface area (Å²) < 4.78 is 0. The maximum Gasteiger partial charge on any atom is 0.255 e. The Hall–Kier alpha value is -3.01. The van der Waals surface area contributed by atoms with E-state index in [2.05, 4.69) is 15.3 Å². The molecule has 3 aromatic rings. The molecule has 21 heavy (non-hydrogen) atoms. The van der Waals surface area contributed by atoms with Gasteiger partial charge in [-0.1, -0.05) is 30.3 Å². The maximum atomic E-state index is 12.0. The van der Waals surface area contributed by atoms with E-state index in [0.717, 1.165) is 16.8 Å². The van der Waals surface area contributed by atoms with Crippen LogP contribution in [-0.2, 0) is 0 Å². The first kappa shape index (κ1) is 13.0. The van der Waals surface area contributed by atoms with E-state index in [1.165, 1.54) is 6.33 Å². The fourth-order valence-electron chi connectivity index (χ4n) is 1.99. The topological polar surface area (TPSA) is 54.9 Å². The van der Waals surface area contributed by atoms with Crippen LogP contribution >= 0.6 is 0 Å². The Labute approximate surface area is 122 Å².